The molecule has 3 heterocycles. The number of pyridine rings is 1. The lowest BCUT2D eigenvalue weighted by molar-refractivity contribution is 0.0673. The summed E-state index contributed by atoms with van der Waals surface area (Å²) in [4.78, 5) is 19.3. The second-order valence-electron chi connectivity index (χ2n) is 6.12. The summed E-state index contributed by atoms with van der Waals surface area (Å²) in [7, 11) is 1.96. The molecule has 1 fully saturated rings. The zero-order valence-electron chi connectivity index (χ0n) is 14.5. The first kappa shape index (κ1) is 21.5. The van der Waals surface area contributed by atoms with Crippen LogP contribution in [0.1, 0.15) is 28.9 Å². The van der Waals surface area contributed by atoms with Crippen LogP contribution in [0.3, 0.4) is 0 Å². The van der Waals surface area contributed by atoms with E-state index in [1.54, 1.807) is 6.26 Å². The van der Waals surface area contributed by atoms with Crippen molar-refractivity contribution in [2.24, 2.45) is 5.92 Å². The van der Waals surface area contributed by atoms with Gasteiger partial charge >= 0.3 is 0 Å². The Morgan fingerprint density at radius 3 is 2.80 bits per heavy atom. The Balaban J connectivity index is 0.00000156. The number of nitrogens with one attached hydrogen (secondary N) is 1. The Kier molecular flexibility index (Phi) is 8.42. The van der Waals surface area contributed by atoms with Crippen LogP contribution in [-0.4, -0.2) is 42.5 Å². The third-order valence-corrected chi connectivity index (χ3v) is 4.39. The highest BCUT2D eigenvalue weighted by Gasteiger charge is 2.25. The smallest absolute Gasteiger partial charge is 0.255 e. The van der Waals surface area contributed by atoms with Gasteiger partial charge in [-0.05, 0) is 63.5 Å². The fourth-order valence-corrected chi connectivity index (χ4v) is 3.22. The van der Waals surface area contributed by atoms with E-state index in [0.29, 0.717) is 11.5 Å². The van der Waals surface area contributed by atoms with E-state index in [-0.39, 0.29) is 30.7 Å². The van der Waals surface area contributed by atoms with Crippen LogP contribution in [0.5, 0.6) is 0 Å². The SMILES string of the molecule is CNCC1CCCN(C(=O)c2ccc(-c3ccco3)nc2C)C1.Cl.Cl. The van der Waals surface area contributed by atoms with E-state index in [1.165, 1.54) is 6.42 Å². The molecular formula is C18H25Cl2N3O2. The van der Waals surface area contributed by atoms with Gasteiger partial charge in [0.25, 0.3) is 5.91 Å². The van der Waals surface area contributed by atoms with E-state index in [0.717, 1.165) is 43.2 Å². The van der Waals surface area contributed by atoms with Crippen molar-refractivity contribution < 1.29 is 9.21 Å². The number of aryl methyl sites for hydroxylation is 1. The molecular weight excluding hydrogens is 361 g/mol. The van der Waals surface area contributed by atoms with Crippen molar-refractivity contribution in [2.45, 2.75) is 19.8 Å². The first-order chi connectivity index (χ1) is 11.2. The number of amides is 1. The number of rotatable bonds is 4. The molecule has 5 nitrogen and oxygen atoms in total. The van der Waals surface area contributed by atoms with Gasteiger partial charge in [0.2, 0.25) is 0 Å². The topological polar surface area (TPSA) is 58.4 Å². The highest BCUT2D eigenvalue weighted by Crippen LogP contribution is 2.22. The molecule has 2 aromatic heterocycles. The number of hydrogen-bond acceptors (Lipinski definition) is 4. The van der Waals surface area contributed by atoms with E-state index in [9.17, 15) is 4.79 Å². The number of halogens is 2. The van der Waals surface area contributed by atoms with Gasteiger partial charge in [-0.2, -0.15) is 0 Å². The minimum absolute atomic E-state index is 0. The predicted octanol–water partition coefficient (Wildman–Crippen LogP) is 3.57. The first-order valence-corrected chi connectivity index (χ1v) is 8.14. The zero-order valence-corrected chi connectivity index (χ0v) is 16.2. The summed E-state index contributed by atoms with van der Waals surface area (Å²) in [5.41, 5.74) is 2.20. The summed E-state index contributed by atoms with van der Waals surface area (Å²) in [5, 5.41) is 3.21. The van der Waals surface area contributed by atoms with Crippen LogP contribution in [0.2, 0.25) is 0 Å². The second kappa shape index (κ2) is 9.80. The summed E-state index contributed by atoms with van der Waals surface area (Å²) < 4.78 is 5.37. The van der Waals surface area contributed by atoms with E-state index in [2.05, 4.69) is 10.3 Å². The number of hydrogen-bond donors (Lipinski definition) is 1. The van der Waals surface area contributed by atoms with Crippen LogP contribution in [0.25, 0.3) is 11.5 Å². The van der Waals surface area contributed by atoms with Gasteiger partial charge in [-0.15, -0.1) is 24.8 Å². The maximum absolute atomic E-state index is 12.8. The first-order valence-electron chi connectivity index (χ1n) is 8.14. The number of aromatic nitrogens is 1. The molecule has 1 aliphatic rings. The lowest BCUT2D eigenvalue weighted by atomic mass is 9.97. The third kappa shape index (κ3) is 4.97. The molecule has 3 rings (SSSR count). The highest BCUT2D eigenvalue weighted by molar-refractivity contribution is 5.95. The highest BCUT2D eigenvalue weighted by atomic mass is 35.5. The molecule has 0 spiro atoms. The minimum atomic E-state index is 0. The molecule has 0 aromatic carbocycles. The Morgan fingerprint density at radius 1 is 1.36 bits per heavy atom. The number of carbonyl (C=O) groups excluding carboxylic acids is 1. The van der Waals surface area contributed by atoms with Gasteiger partial charge < -0.3 is 14.6 Å². The molecule has 2 aromatic rings. The largest absolute Gasteiger partial charge is 0.463 e. The van der Waals surface area contributed by atoms with Crippen LogP contribution in [-0.2, 0) is 0 Å². The van der Waals surface area contributed by atoms with Crippen LogP contribution in [0.15, 0.2) is 34.9 Å². The molecule has 0 aliphatic carbocycles. The normalized spacial score (nSPS) is 16.7. The summed E-state index contributed by atoms with van der Waals surface area (Å²) in [6, 6.07) is 7.43. The Labute approximate surface area is 161 Å². The summed E-state index contributed by atoms with van der Waals surface area (Å²) in [6.07, 6.45) is 3.87. The van der Waals surface area contributed by atoms with Crippen LogP contribution in [0.4, 0.5) is 0 Å². The van der Waals surface area contributed by atoms with Crippen molar-refractivity contribution >= 4 is 30.7 Å². The quantitative estimate of drug-likeness (QED) is 0.873. The number of furan rings is 1. The van der Waals surface area contributed by atoms with Gasteiger partial charge in [0.15, 0.2) is 5.76 Å². The maximum atomic E-state index is 12.8. The van der Waals surface area contributed by atoms with E-state index in [4.69, 9.17) is 4.42 Å². The van der Waals surface area contributed by atoms with Crippen molar-refractivity contribution in [3.8, 4) is 11.5 Å². The molecule has 1 N–H and O–H groups in total. The lowest BCUT2D eigenvalue weighted by Crippen LogP contribution is -2.42. The number of piperidine rings is 1. The molecule has 0 bridgehead atoms. The average Bonchev–Trinajstić information content (AvgIpc) is 3.09. The fourth-order valence-electron chi connectivity index (χ4n) is 3.22. The molecule has 0 saturated carbocycles. The number of carbonyl (C=O) groups is 1. The van der Waals surface area contributed by atoms with Crippen LogP contribution in [0, 0.1) is 12.8 Å². The number of likely N-dealkylation sites (tertiary alicyclic amines) is 1. The predicted molar refractivity (Wildman–Crippen MR) is 104 cm³/mol. The summed E-state index contributed by atoms with van der Waals surface area (Å²) in [6.45, 7) is 4.49. The van der Waals surface area contributed by atoms with E-state index in [1.807, 2.05) is 43.1 Å². The van der Waals surface area contributed by atoms with Crippen LogP contribution >= 0.6 is 24.8 Å². The summed E-state index contributed by atoms with van der Waals surface area (Å²) in [5.74, 6) is 1.34. The molecule has 0 radical (unpaired) electrons. The Morgan fingerprint density at radius 2 is 2.16 bits per heavy atom. The van der Waals surface area contributed by atoms with Gasteiger partial charge in [0.1, 0.15) is 5.69 Å². The monoisotopic (exact) mass is 385 g/mol. The molecule has 1 saturated heterocycles. The number of nitrogens with zero attached hydrogens (tertiary/aromatic N) is 2. The van der Waals surface area contributed by atoms with Crippen molar-refractivity contribution in [2.75, 3.05) is 26.7 Å². The second-order valence-corrected chi connectivity index (χ2v) is 6.12. The van der Waals surface area contributed by atoms with Gasteiger partial charge in [0.05, 0.1) is 17.5 Å². The van der Waals surface area contributed by atoms with Crippen molar-refractivity contribution in [3.05, 3.63) is 41.8 Å². The van der Waals surface area contributed by atoms with Gasteiger partial charge in [-0.25, -0.2) is 4.98 Å². The van der Waals surface area contributed by atoms with Crippen molar-refractivity contribution in [1.82, 2.24) is 15.2 Å². The summed E-state index contributed by atoms with van der Waals surface area (Å²) >= 11 is 0. The zero-order chi connectivity index (χ0) is 16.2. The van der Waals surface area contributed by atoms with Crippen molar-refractivity contribution in [3.63, 3.8) is 0 Å². The van der Waals surface area contributed by atoms with Crippen molar-refractivity contribution in [1.29, 1.82) is 0 Å². The Hall–Kier alpha value is -1.56. The fraction of sp³-hybridized carbons (Fsp3) is 0.444. The standard InChI is InChI=1S/C18H23N3O2.2ClH/c1-13-15(7-8-16(20-13)17-6-4-10-23-17)18(22)21-9-3-5-14(12-21)11-19-2;;/h4,6-8,10,14,19H,3,5,9,11-12H2,1-2H3;2*1H. The molecule has 1 unspecified atom stereocenters. The van der Waals surface area contributed by atoms with Gasteiger partial charge in [-0.1, -0.05) is 0 Å². The molecule has 1 amide bonds. The average molecular weight is 386 g/mol. The van der Waals surface area contributed by atoms with Gasteiger partial charge in [-0.3, -0.25) is 4.79 Å². The molecule has 1 aliphatic heterocycles. The van der Waals surface area contributed by atoms with Gasteiger partial charge in [0, 0.05) is 13.1 Å². The molecule has 25 heavy (non-hydrogen) atoms. The minimum Gasteiger partial charge on any atom is -0.463 e. The lowest BCUT2D eigenvalue weighted by Gasteiger charge is -2.33. The third-order valence-electron chi connectivity index (χ3n) is 4.39. The van der Waals surface area contributed by atoms with E-state index >= 15 is 0 Å². The maximum Gasteiger partial charge on any atom is 0.255 e. The molecule has 1 atom stereocenters. The molecule has 7 heteroatoms. The van der Waals surface area contributed by atoms with E-state index < -0.39 is 0 Å². The molecule has 138 valence electrons. The van der Waals surface area contributed by atoms with Crippen LogP contribution < -0.4 is 5.32 Å². The Bertz CT molecular complexity index is 675.